The molecule has 2 rings (SSSR count). The van der Waals surface area contributed by atoms with Gasteiger partial charge in [0.05, 0.1) is 11.1 Å². The highest BCUT2D eigenvalue weighted by molar-refractivity contribution is 7.98. The van der Waals surface area contributed by atoms with E-state index < -0.39 is 0 Å². The molecule has 1 atom stereocenters. The number of para-hydroxylation sites is 1. The number of nitrogens with zero attached hydrogens (tertiary/aromatic N) is 1. The molecule has 0 saturated heterocycles. The van der Waals surface area contributed by atoms with Crippen LogP contribution >= 0.6 is 11.8 Å². The average Bonchev–Trinajstić information content (AvgIpc) is 2.44. The van der Waals surface area contributed by atoms with Crippen molar-refractivity contribution in [1.82, 2.24) is 10.3 Å². The fourth-order valence-electron chi connectivity index (χ4n) is 2.09. The number of carbonyl (C=O) groups is 1. The van der Waals surface area contributed by atoms with Crippen molar-refractivity contribution in [2.45, 2.75) is 6.92 Å². The second kappa shape index (κ2) is 6.61. The first-order chi connectivity index (χ1) is 9.61. The van der Waals surface area contributed by atoms with Crippen molar-refractivity contribution in [3.05, 3.63) is 35.9 Å². The van der Waals surface area contributed by atoms with Gasteiger partial charge in [-0.2, -0.15) is 11.8 Å². The third-order valence-corrected chi connectivity index (χ3v) is 3.95. The molecule has 1 unspecified atom stereocenters. The van der Waals surface area contributed by atoms with Gasteiger partial charge in [-0.05, 0) is 30.1 Å². The van der Waals surface area contributed by atoms with E-state index in [4.69, 9.17) is 5.73 Å². The van der Waals surface area contributed by atoms with Gasteiger partial charge in [-0.15, -0.1) is 0 Å². The normalized spacial score (nSPS) is 12.3. The number of carbonyl (C=O) groups excluding carboxylic acids is 1. The number of hydrogen-bond acceptors (Lipinski definition) is 4. The molecule has 0 bridgehead atoms. The zero-order chi connectivity index (χ0) is 14.5. The average molecular weight is 289 g/mol. The summed E-state index contributed by atoms with van der Waals surface area (Å²) in [6.07, 6.45) is 2.06. The summed E-state index contributed by atoms with van der Waals surface area (Å²) in [6.45, 7) is 2.78. The summed E-state index contributed by atoms with van der Waals surface area (Å²) in [7, 11) is 0. The van der Waals surface area contributed by atoms with Crippen LogP contribution < -0.4 is 11.1 Å². The zero-order valence-electron chi connectivity index (χ0n) is 11.7. The number of aromatic nitrogens is 1. The molecule has 106 valence electrons. The molecule has 2 aromatic rings. The minimum atomic E-state index is -0.0942. The van der Waals surface area contributed by atoms with E-state index in [0.29, 0.717) is 23.8 Å². The highest BCUT2D eigenvalue weighted by atomic mass is 32.2. The first-order valence-electron chi connectivity index (χ1n) is 6.54. The Morgan fingerprint density at radius 1 is 1.45 bits per heavy atom. The van der Waals surface area contributed by atoms with Crippen molar-refractivity contribution in [3.63, 3.8) is 0 Å². The van der Waals surface area contributed by atoms with Crippen molar-refractivity contribution in [2.24, 2.45) is 5.92 Å². The Bertz CT molecular complexity index is 615. The van der Waals surface area contributed by atoms with E-state index in [2.05, 4.69) is 23.5 Å². The predicted octanol–water partition coefficient (Wildman–Crippen LogP) is 2.55. The molecule has 0 radical (unpaired) electrons. The predicted molar refractivity (Wildman–Crippen MR) is 86.0 cm³/mol. The Hall–Kier alpha value is -1.75. The lowest BCUT2D eigenvalue weighted by Crippen LogP contribution is -2.29. The number of hydrogen-bond donors (Lipinski definition) is 2. The first kappa shape index (κ1) is 14.7. The van der Waals surface area contributed by atoms with E-state index in [1.54, 1.807) is 17.8 Å². The van der Waals surface area contributed by atoms with Crippen LogP contribution in [0.4, 0.5) is 5.82 Å². The number of nitrogens with two attached hydrogens (primary N) is 1. The molecule has 3 N–H and O–H groups in total. The highest BCUT2D eigenvalue weighted by Crippen LogP contribution is 2.19. The summed E-state index contributed by atoms with van der Waals surface area (Å²) in [4.78, 5) is 16.6. The van der Waals surface area contributed by atoms with Gasteiger partial charge in [0.1, 0.15) is 5.82 Å². The Morgan fingerprint density at radius 2 is 2.20 bits per heavy atom. The molecule has 0 fully saturated rings. The summed E-state index contributed by atoms with van der Waals surface area (Å²) in [5, 5.41) is 3.80. The van der Waals surface area contributed by atoms with Gasteiger partial charge in [-0.25, -0.2) is 4.98 Å². The van der Waals surface area contributed by atoms with Gasteiger partial charge < -0.3 is 11.1 Å². The number of fused-ring (bicyclic) bond motifs is 1. The third-order valence-electron chi connectivity index (χ3n) is 3.04. The van der Waals surface area contributed by atoms with E-state index in [1.165, 1.54) is 0 Å². The molecule has 0 saturated carbocycles. The van der Waals surface area contributed by atoms with Gasteiger partial charge in [-0.3, -0.25) is 4.79 Å². The van der Waals surface area contributed by atoms with Crippen LogP contribution in [0.1, 0.15) is 17.3 Å². The minimum Gasteiger partial charge on any atom is -0.384 e. The number of benzene rings is 1. The number of pyridine rings is 1. The van der Waals surface area contributed by atoms with Gasteiger partial charge in [-0.1, -0.05) is 25.1 Å². The second-order valence-electron chi connectivity index (χ2n) is 4.88. The molecule has 0 aliphatic rings. The number of thioether (sulfide) groups is 1. The van der Waals surface area contributed by atoms with Crippen LogP contribution in [0.5, 0.6) is 0 Å². The van der Waals surface area contributed by atoms with Crippen LogP contribution in [0.3, 0.4) is 0 Å². The van der Waals surface area contributed by atoms with E-state index >= 15 is 0 Å². The van der Waals surface area contributed by atoms with Crippen LogP contribution in [0.15, 0.2) is 30.3 Å². The fraction of sp³-hybridized carbons (Fsp3) is 0.333. The van der Waals surface area contributed by atoms with Gasteiger partial charge >= 0.3 is 0 Å². The van der Waals surface area contributed by atoms with E-state index in [1.807, 2.05) is 24.3 Å². The molecule has 4 nitrogen and oxygen atoms in total. The summed E-state index contributed by atoms with van der Waals surface area (Å²) >= 11 is 1.78. The SMILES string of the molecule is CSCC(C)CNC(=O)c1cc(N)nc2ccccc12. The molecule has 1 aromatic heterocycles. The number of nitrogens with one attached hydrogen (secondary N) is 1. The standard InChI is InChI=1S/C15H19N3OS/c1-10(9-20-2)8-17-15(19)12-7-14(16)18-13-6-4-3-5-11(12)13/h3-7,10H,8-9H2,1-2H3,(H2,16,18)(H,17,19). The maximum atomic E-state index is 12.3. The third kappa shape index (κ3) is 3.42. The summed E-state index contributed by atoms with van der Waals surface area (Å²) in [6, 6.07) is 9.17. The molecule has 1 amide bonds. The molecule has 1 heterocycles. The van der Waals surface area contributed by atoms with Crippen LogP contribution in [0.2, 0.25) is 0 Å². The lowest BCUT2D eigenvalue weighted by molar-refractivity contribution is 0.0951. The number of rotatable bonds is 5. The van der Waals surface area contributed by atoms with Crippen molar-refractivity contribution in [1.29, 1.82) is 0 Å². The Morgan fingerprint density at radius 3 is 2.95 bits per heavy atom. The summed E-state index contributed by atoms with van der Waals surface area (Å²) in [5.74, 6) is 1.74. The lowest BCUT2D eigenvalue weighted by atomic mass is 10.1. The number of nitrogen functional groups attached to an aromatic ring is 1. The van der Waals surface area contributed by atoms with Crippen molar-refractivity contribution in [3.8, 4) is 0 Å². The minimum absolute atomic E-state index is 0.0942. The van der Waals surface area contributed by atoms with Gasteiger partial charge in [0.15, 0.2) is 0 Å². The van der Waals surface area contributed by atoms with Crippen LogP contribution in [0.25, 0.3) is 10.9 Å². The van der Waals surface area contributed by atoms with E-state index in [0.717, 1.165) is 16.7 Å². The smallest absolute Gasteiger partial charge is 0.252 e. The molecule has 0 spiro atoms. The Kier molecular flexibility index (Phi) is 4.84. The molecule has 20 heavy (non-hydrogen) atoms. The molecule has 5 heteroatoms. The number of anilines is 1. The van der Waals surface area contributed by atoms with Crippen LogP contribution in [-0.2, 0) is 0 Å². The van der Waals surface area contributed by atoms with Crippen LogP contribution in [-0.4, -0.2) is 29.4 Å². The first-order valence-corrected chi connectivity index (χ1v) is 7.93. The highest BCUT2D eigenvalue weighted by Gasteiger charge is 2.12. The van der Waals surface area contributed by atoms with E-state index in [9.17, 15) is 4.79 Å². The molecule has 0 aliphatic carbocycles. The molecular weight excluding hydrogens is 270 g/mol. The monoisotopic (exact) mass is 289 g/mol. The fourth-order valence-corrected chi connectivity index (χ4v) is 2.78. The van der Waals surface area contributed by atoms with Gasteiger partial charge in [0, 0.05) is 11.9 Å². The van der Waals surface area contributed by atoms with E-state index in [-0.39, 0.29) is 5.91 Å². The second-order valence-corrected chi connectivity index (χ2v) is 5.79. The lowest BCUT2D eigenvalue weighted by Gasteiger charge is -2.12. The molecule has 0 aliphatic heterocycles. The molecule has 1 aromatic carbocycles. The quantitative estimate of drug-likeness (QED) is 0.887. The van der Waals surface area contributed by atoms with Crippen molar-refractivity contribution >= 4 is 34.4 Å². The number of amides is 1. The largest absolute Gasteiger partial charge is 0.384 e. The zero-order valence-corrected chi connectivity index (χ0v) is 12.5. The van der Waals surface area contributed by atoms with Gasteiger partial charge in [0.2, 0.25) is 0 Å². The van der Waals surface area contributed by atoms with Crippen LogP contribution in [0, 0.1) is 5.92 Å². The maximum Gasteiger partial charge on any atom is 0.252 e. The molecular formula is C15H19N3OS. The van der Waals surface area contributed by atoms with Crippen molar-refractivity contribution in [2.75, 3.05) is 24.3 Å². The van der Waals surface area contributed by atoms with Gasteiger partial charge in [0.25, 0.3) is 5.91 Å². The summed E-state index contributed by atoms with van der Waals surface area (Å²) < 4.78 is 0. The topological polar surface area (TPSA) is 68.0 Å². The van der Waals surface area contributed by atoms with Crippen molar-refractivity contribution < 1.29 is 4.79 Å². The maximum absolute atomic E-state index is 12.3. The Labute approximate surface area is 123 Å². The Balaban J connectivity index is 2.21. The summed E-state index contributed by atoms with van der Waals surface area (Å²) in [5.41, 5.74) is 7.10.